The summed E-state index contributed by atoms with van der Waals surface area (Å²) in [5.41, 5.74) is 7.75. The third-order valence-electron chi connectivity index (χ3n) is 12.7. The normalized spacial score (nSPS) is 11.3. The summed E-state index contributed by atoms with van der Waals surface area (Å²) in [7, 11) is 1.47. The number of aromatic nitrogens is 6. The van der Waals surface area contributed by atoms with Gasteiger partial charge in [0.1, 0.15) is 18.2 Å². The Morgan fingerprint density at radius 1 is 0.619 bits per heavy atom. The van der Waals surface area contributed by atoms with E-state index in [4.69, 9.17) is 43.6 Å². The first-order valence-corrected chi connectivity index (χ1v) is 28.2. The standard InChI is InChI=1S/C65H42N9O7S3/c1-3-28-79-65(77)60(42-15-8-5-9-16-42)81-63-50(37-70-45-30-57(83-39-45)54-31-46(40-22-26-67-27-23-40)49(34-66)61(72-54)78-2)48(44-18-11-25-69-36-44)33-53(74-63)56-20-21-58(84-56)71-38-51-47(43-17-10-24-68-35-43)32-52(55-19-12-29-82-55)73-62(51)80-59(64(75)76)41-13-6-4-7-14-41/h3-27,29-33,35-36,39,59-60H,1,28H2,2H3/q+1/p+1. The molecular weight excluding hydrogens is 1110 g/mol. The minimum absolute atomic E-state index is 0.00539. The molecule has 19 heteroatoms. The molecule has 11 rings (SSSR count). The van der Waals surface area contributed by atoms with Gasteiger partial charge in [0.25, 0.3) is 0 Å². The summed E-state index contributed by atoms with van der Waals surface area (Å²) in [5.74, 6) is -1.74. The highest BCUT2D eigenvalue weighted by Gasteiger charge is 2.31. The van der Waals surface area contributed by atoms with Gasteiger partial charge in [0, 0.05) is 88.3 Å². The number of pyridine rings is 6. The van der Waals surface area contributed by atoms with Crippen LogP contribution in [0.3, 0.4) is 0 Å². The summed E-state index contributed by atoms with van der Waals surface area (Å²) in [5, 5.41) is 25.0. The molecule has 9 heterocycles. The topological polar surface area (TPSA) is 201 Å². The number of carbonyl (C=O) groups excluding carboxylic acids is 1. The number of hydrogen-bond acceptors (Lipinski definition) is 16. The maximum absolute atomic E-state index is 14.0. The van der Waals surface area contributed by atoms with Crippen molar-refractivity contribution in [1.82, 2.24) is 29.9 Å². The first-order chi connectivity index (χ1) is 41.2. The fourth-order valence-electron chi connectivity index (χ4n) is 8.75. The number of esters is 1. The van der Waals surface area contributed by atoms with E-state index in [2.05, 4.69) is 39.7 Å². The van der Waals surface area contributed by atoms with Crippen LogP contribution < -0.4 is 14.2 Å². The van der Waals surface area contributed by atoms with Crippen LogP contribution in [0.5, 0.6) is 17.6 Å². The van der Waals surface area contributed by atoms with Crippen molar-refractivity contribution < 1.29 is 33.6 Å². The van der Waals surface area contributed by atoms with E-state index >= 15 is 0 Å². The lowest BCUT2D eigenvalue weighted by molar-refractivity contribution is -0.151. The number of carbonyl (C=O) groups is 2. The third-order valence-corrected chi connectivity index (χ3v) is 15.5. The molecule has 0 aliphatic heterocycles. The van der Waals surface area contributed by atoms with Crippen molar-refractivity contribution in [3.05, 3.63) is 244 Å². The van der Waals surface area contributed by atoms with Gasteiger partial charge in [-0.2, -0.15) is 5.26 Å². The summed E-state index contributed by atoms with van der Waals surface area (Å²) < 4.78 is 24.4. The Bertz CT molecular complexity index is 4370. The highest BCUT2D eigenvalue weighted by molar-refractivity contribution is 7.19. The number of hydrogen-bond donors (Lipinski definition) is 1. The van der Waals surface area contributed by atoms with E-state index < -0.39 is 24.1 Å². The van der Waals surface area contributed by atoms with Gasteiger partial charge < -0.3 is 24.1 Å². The van der Waals surface area contributed by atoms with Gasteiger partial charge in [-0.05, 0) is 86.6 Å². The van der Waals surface area contributed by atoms with Crippen molar-refractivity contribution in [1.29, 1.82) is 5.26 Å². The molecule has 2 atom stereocenters. The highest BCUT2D eigenvalue weighted by Crippen LogP contribution is 2.43. The summed E-state index contributed by atoms with van der Waals surface area (Å²) in [6.45, 7) is 3.66. The van der Waals surface area contributed by atoms with Crippen LogP contribution in [0, 0.1) is 23.5 Å². The quantitative estimate of drug-likeness (QED) is 0.0666. The second-order valence-electron chi connectivity index (χ2n) is 18.0. The molecular formula is C65H43N9O7S3+2. The summed E-state index contributed by atoms with van der Waals surface area (Å²) in [6, 6.07) is 52.1. The van der Waals surface area contributed by atoms with E-state index in [0.717, 1.165) is 15.3 Å². The van der Waals surface area contributed by atoms with Crippen molar-refractivity contribution >= 4 is 56.6 Å². The largest absolute Gasteiger partial charge is 0.480 e. The number of thiophene rings is 3. The lowest BCUT2D eigenvalue weighted by atomic mass is 10.0. The zero-order valence-electron chi connectivity index (χ0n) is 44.3. The predicted molar refractivity (Wildman–Crippen MR) is 324 cm³/mol. The molecule has 2 aromatic carbocycles. The molecule has 0 fully saturated rings. The maximum Gasteiger partial charge on any atom is 0.396 e. The molecule has 2 unspecified atom stereocenters. The number of carboxylic acid groups (broad SMARTS) is 1. The van der Waals surface area contributed by atoms with Crippen molar-refractivity contribution in [2.24, 2.45) is 0 Å². The number of rotatable bonds is 17. The summed E-state index contributed by atoms with van der Waals surface area (Å²) >= 11 is 4.15. The number of nitriles is 1. The molecule has 0 amide bonds. The minimum Gasteiger partial charge on any atom is -0.480 e. The predicted octanol–water partition coefficient (Wildman–Crippen LogP) is 15.2. The van der Waals surface area contributed by atoms with E-state index in [1.165, 1.54) is 47.2 Å². The molecule has 1 N–H and O–H groups in total. The average molecular weight is 1160 g/mol. The molecule has 406 valence electrons. The second kappa shape index (κ2) is 25.6. The van der Waals surface area contributed by atoms with Crippen LogP contribution in [0.25, 0.3) is 74.8 Å². The molecule has 0 saturated carbocycles. The van der Waals surface area contributed by atoms with Crippen LogP contribution >= 0.6 is 34.0 Å². The molecule has 16 nitrogen and oxygen atoms in total. The number of carboxylic acids is 1. The minimum atomic E-state index is -1.43. The number of nitrogens with zero attached hydrogens (tertiary/aromatic N) is 9. The fourth-order valence-corrected chi connectivity index (χ4v) is 11.0. The van der Waals surface area contributed by atoms with E-state index in [-0.39, 0.29) is 29.8 Å². The first-order valence-electron chi connectivity index (χ1n) is 25.7. The average Bonchev–Trinajstić information content (AvgIpc) is 4.21. The van der Waals surface area contributed by atoms with Crippen molar-refractivity contribution in [2.45, 2.75) is 12.2 Å². The second-order valence-corrected chi connectivity index (χ2v) is 21.0. The van der Waals surface area contributed by atoms with Gasteiger partial charge in [-0.1, -0.05) is 91.5 Å². The van der Waals surface area contributed by atoms with Gasteiger partial charge in [0.05, 0.1) is 44.2 Å². The van der Waals surface area contributed by atoms with Crippen molar-refractivity contribution in [3.63, 3.8) is 0 Å². The smallest absolute Gasteiger partial charge is 0.396 e. The lowest BCUT2D eigenvalue weighted by Crippen LogP contribution is -2.22. The Hall–Kier alpha value is -11.0. The molecule has 9 aromatic heterocycles. The molecule has 0 aliphatic rings. The molecule has 0 bridgehead atoms. The molecule has 84 heavy (non-hydrogen) atoms. The van der Waals surface area contributed by atoms with Gasteiger partial charge in [0.15, 0.2) is 11.1 Å². The number of benzene rings is 2. The number of aliphatic carboxylic acids is 1. The van der Waals surface area contributed by atoms with Crippen LogP contribution in [-0.2, 0) is 14.3 Å². The first kappa shape index (κ1) is 54.9. The van der Waals surface area contributed by atoms with Crippen LogP contribution in [0.1, 0.15) is 40.0 Å². The van der Waals surface area contributed by atoms with Crippen LogP contribution in [-0.4, -0.2) is 60.7 Å². The zero-order valence-corrected chi connectivity index (χ0v) is 46.7. The number of methoxy groups -OCH3 is 1. The Morgan fingerprint density at radius 2 is 1.21 bits per heavy atom. The Morgan fingerprint density at radius 3 is 1.80 bits per heavy atom. The third kappa shape index (κ3) is 12.3. The molecule has 0 aliphatic carbocycles. The van der Waals surface area contributed by atoms with Gasteiger partial charge >= 0.3 is 34.8 Å². The van der Waals surface area contributed by atoms with Crippen molar-refractivity contribution in [2.75, 3.05) is 13.7 Å². The number of ether oxygens (including phenoxy) is 4. The van der Waals surface area contributed by atoms with E-state index in [1.807, 2.05) is 83.6 Å². The van der Waals surface area contributed by atoms with Crippen LogP contribution in [0.4, 0.5) is 10.7 Å². The van der Waals surface area contributed by atoms with E-state index in [9.17, 15) is 20.0 Å². The van der Waals surface area contributed by atoms with Gasteiger partial charge in [-0.15, -0.1) is 22.7 Å². The molecule has 0 radical (unpaired) electrons. The highest BCUT2D eigenvalue weighted by atomic mass is 32.1. The Kier molecular flexibility index (Phi) is 16.8. The molecule has 0 spiro atoms. The fraction of sp³-hybridized carbons (Fsp3) is 0.0615. The Labute approximate surface area is 493 Å². The maximum atomic E-state index is 14.0. The van der Waals surface area contributed by atoms with Crippen molar-refractivity contribution in [3.8, 4) is 101 Å². The summed E-state index contributed by atoms with van der Waals surface area (Å²) in [6.07, 6.45) is 8.76. The molecule has 11 aromatic rings. The van der Waals surface area contributed by atoms with Crippen LogP contribution in [0.2, 0.25) is 0 Å². The van der Waals surface area contributed by atoms with E-state index in [1.54, 1.807) is 110 Å². The van der Waals surface area contributed by atoms with E-state index in [0.29, 0.717) is 82.7 Å². The molecule has 0 saturated heterocycles. The van der Waals surface area contributed by atoms with Gasteiger partial charge in [-0.3, -0.25) is 15.0 Å². The van der Waals surface area contributed by atoms with Gasteiger partial charge in [0.2, 0.25) is 29.8 Å². The SMILES string of the molecule is C=CCOC(=O)C(Oc1nc(-c2ccc([N+]#Cc3c(-c4cccnc4)cc(-c4cccs4)nc3OC(C(=O)O)c3ccccc3)s2)cc(-c2cccnc2)c1C#[N+]c1csc(-c2cc(-c3ccncc3)c(C#N)c(OC)n2)c1)c1ccccc1. The lowest BCUT2D eigenvalue weighted by Gasteiger charge is -2.19. The zero-order chi connectivity index (χ0) is 57.8. The van der Waals surface area contributed by atoms with Gasteiger partial charge in [-0.25, -0.2) is 24.5 Å². The monoisotopic (exact) mass is 1160 g/mol. The summed E-state index contributed by atoms with van der Waals surface area (Å²) in [4.78, 5) is 66.6. The Balaban J connectivity index is 1.04. The van der Waals surface area contributed by atoms with Crippen LogP contribution in [0.15, 0.2) is 206 Å².